The summed E-state index contributed by atoms with van der Waals surface area (Å²) >= 11 is 7.79. The molecule has 1 heterocycles. The van der Waals surface area contributed by atoms with E-state index in [1.54, 1.807) is 11.3 Å². The maximum atomic E-state index is 11.7. The highest BCUT2D eigenvalue weighted by Gasteiger charge is 2.22. The number of fused-ring (bicyclic) bond motifs is 1. The standard InChI is InChI=1S/C14H12ClNOS/c15-10-5-2-1-4-9(10)8-13-16-14-11(17)6-3-7-12(14)18-13/h1-2,4-5H,3,6-8H2. The number of thiazole rings is 1. The highest BCUT2D eigenvalue weighted by Crippen LogP contribution is 2.29. The van der Waals surface area contributed by atoms with Crippen molar-refractivity contribution in [3.63, 3.8) is 0 Å². The quantitative estimate of drug-likeness (QED) is 0.833. The van der Waals surface area contributed by atoms with Crippen LogP contribution in [0.1, 0.15) is 38.8 Å². The second kappa shape index (κ2) is 4.82. The van der Waals surface area contributed by atoms with Gasteiger partial charge in [0.05, 0.1) is 5.01 Å². The van der Waals surface area contributed by atoms with Crippen LogP contribution < -0.4 is 0 Å². The fourth-order valence-corrected chi connectivity index (χ4v) is 3.55. The highest BCUT2D eigenvalue weighted by atomic mass is 35.5. The molecule has 18 heavy (non-hydrogen) atoms. The lowest BCUT2D eigenvalue weighted by Gasteiger charge is -2.06. The first-order valence-electron chi connectivity index (χ1n) is 5.99. The van der Waals surface area contributed by atoms with E-state index in [0.717, 1.165) is 33.3 Å². The first kappa shape index (κ1) is 11.9. The molecule has 0 aliphatic heterocycles. The molecule has 1 aromatic carbocycles. The molecule has 0 unspecified atom stereocenters. The van der Waals surface area contributed by atoms with Crippen molar-refractivity contribution in [2.45, 2.75) is 25.7 Å². The molecule has 0 spiro atoms. The maximum Gasteiger partial charge on any atom is 0.182 e. The summed E-state index contributed by atoms with van der Waals surface area (Å²) in [4.78, 5) is 17.4. The molecule has 1 aromatic heterocycles. The van der Waals surface area contributed by atoms with E-state index < -0.39 is 0 Å². The number of carbonyl (C=O) groups is 1. The maximum absolute atomic E-state index is 11.7. The normalized spacial score (nSPS) is 14.6. The third kappa shape index (κ3) is 2.20. The van der Waals surface area contributed by atoms with Gasteiger partial charge in [0, 0.05) is 22.7 Å². The van der Waals surface area contributed by atoms with Crippen molar-refractivity contribution in [2.24, 2.45) is 0 Å². The second-order valence-corrected chi connectivity index (χ2v) is 6.00. The number of Topliss-reactive ketones (excluding diaryl/α,β-unsaturated/α-hetero) is 1. The zero-order chi connectivity index (χ0) is 12.5. The van der Waals surface area contributed by atoms with Crippen molar-refractivity contribution in [1.82, 2.24) is 4.98 Å². The zero-order valence-corrected chi connectivity index (χ0v) is 11.4. The first-order chi connectivity index (χ1) is 8.74. The van der Waals surface area contributed by atoms with E-state index in [4.69, 9.17) is 11.6 Å². The van der Waals surface area contributed by atoms with Crippen molar-refractivity contribution in [3.8, 4) is 0 Å². The molecule has 92 valence electrons. The van der Waals surface area contributed by atoms with Crippen LogP contribution in [0.15, 0.2) is 24.3 Å². The van der Waals surface area contributed by atoms with Gasteiger partial charge in [-0.25, -0.2) is 4.98 Å². The fraction of sp³-hybridized carbons (Fsp3) is 0.286. The Hall–Kier alpha value is -1.19. The molecular formula is C14H12ClNOS. The molecule has 0 atom stereocenters. The van der Waals surface area contributed by atoms with Crippen LogP contribution in [0.25, 0.3) is 0 Å². The SMILES string of the molecule is O=C1CCCc2sc(Cc3ccccc3Cl)nc21. The Morgan fingerprint density at radius 2 is 2.11 bits per heavy atom. The van der Waals surface area contributed by atoms with Gasteiger partial charge in [0.1, 0.15) is 5.69 Å². The number of benzene rings is 1. The minimum absolute atomic E-state index is 0.193. The zero-order valence-electron chi connectivity index (χ0n) is 9.78. The Balaban J connectivity index is 1.90. The van der Waals surface area contributed by atoms with Crippen LogP contribution in [0, 0.1) is 0 Å². The van der Waals surface area contributed by atoms with Gasteiger partial charge in [-0.05, 0) is 24.5 Å². The third-order valence-corrected chi connectivity index (χ3v) is 4.60. The molecule has 2 aromatic rings. The lowest BCUT2D eigenvalue weighted by atomic mass is 10.0. The second-order valence-electron chi connectivity index (χ2n) is 4.42. The number of aryl methyl sites for hydroxylation is 1. The van der Waals surface area contributed by atoms with Gasteiger partial charge in [-0.1, -0.05) is 29.8 Å². The van der Waals surface area contributed by atoms with E-state index in [1.807, 2.05) is 24.3 Å². The topological polar surface area (TPSA) is 30.0 Å². The Bertz CT molecular complexity index is 606. The van der Waals surface area contributed by atoms with Crippen LogP contribution in [-0.4, -0.2) is 10.8 Å². The van der Waals surface area contributed by atoms with Gasteiger partial charge in [0.25, 0.3) is 0 Å². The van der Waals surface area contributed by atoms with E-state index in [9.17, 15) is 4.79 Å². The van der Waals surface area contributed by atoms with E-state index in [2.05, 4.69) is 4.98 Å². The van der Waals surface area contributed by atoms with Crippen LogP contribution in [0.3, 0.4) is 0 Å². The largest absolute Gasteiger partial charge is 0.292 e. The lowest BCUT2D eigenvalue weighted by molar-refractivity contribution is 0.0968. The van der Waals surface area contributed by atoms with Crippen LogP contribution in [0.4, 0.5) is 0 Å². The van der Waals surface area contributed by atoms with Gasteiger partial charge in [-0.3, -0.25) is 4.79 Å². The highest BCUT2D eigenvalue weighted by molar-refractivity contribution is 7.12. The molecular weight excluding hydrogens is 266 g/mol. The number of rotatable bonds is 2. The molecule has 0 amide bonds. The Labute approximate surface area is 115 Å². The predicted molar refractivity (Wildman–Crippen MR) is 73.6 cm³/mol. The average molecular weight is 278 g/mol. The smallest absolute Gasteiger partial charge is 0.182 e. The minimum Gasteiger partial charge on any atom is -0.292 e. The van der Waals surface area contributed by atoms with E-state index in [0.29, 0.717) is 18.5 Å². The van der Waals surface area contributed by atoms with Gasteiger partial charge in [0.15, 0.2) is 5.78 Å². The minimum atomic E-state index is 0.193. The van der Waals surface area contributed by atoms with E-state index in [1.165, 1.54) is 0 Å². The van der Waals surface area contributed by atoms with Crippen LogP contribution in [-0.2, 0) is 12.8 Å². The van der Waals surface area contributed by atoms with E-state index in [-0.39, 0.29) is 5.78 Å². The van der Waals surface area contributed by atoms with Crippen molar-refractivity contribution < 1.29 is 4.79 Å². The van der Waals surface area contributed by atoms with Crippen molar-refractivity contribution >= 4 is 28.7 Å². The number of ketones is 1. The van der Waals surface area contributed by atoms with Gasteiger partial charge in [-0.2, -0.15) is 0 Å². The number of carbonyl (C=O) groups excluding carboxylic acids is 1. The summed E-state index contributed by atoms with van der Waals surface area (Å²) in [5.41, 5.74) is 1.77. The molecule has 3 rings (SSSR count). The number of aromatic nitrogens is 1. The van der Waals surface area contributed by atoms with Gasteiger partial charge in [-0.15, -0.1) is 11.3 Å². The molecule has 0 N–H and O–H groups in total. The summed E-state index contributed by atoms with van der Waals surface area (Å²) in [5.74, 6) is 0.193. The van der Waals surface area contributed by atoms with Crippen molar-refractivity contribution in [1.29, 1.82) is 0 Å². The summed E-state index contributed by atoms with van der Waals surface area (Å²) in [6.07, 6.45) is 3.30. The van der Waals surface area contributed by atoms with Crippen molar-refractivity contribution in [3.05, 3.63) is 50.4 Å². The molecule has 0 fully saturated rings. The molecule has 1 aliphatic rings. The molecule has 0 saturated carbocycles. The molecule has 0 radical (unpaired) electrons. The summed E-state index contributed by atoms with van der Waals surface area (Å²) < 4.78 is 0. The van der Waals surface area contributed by atoms with Crippen molar-refractivity contribution in [2.75, 3.05) is 0 Å². The molecule has 1 aliphatic carbocycles. The molecule has 2 nitrogen and oxygen atoms in total. The van der Waals surface area contributed by atoms with Crippen LogP contribution >= 0.6 is 22.9 Å². The summed E-state index contributed by atoms with van der Waals surface area (Å²) in [6, 6.07) is 7.78. The third-order valence-electron chi connectivity index (χ3n) is 3.11. The fourth-order valence-electron chi connectivity index (χ4n) is 2.20. The van der Waals surface area contributed by atoms with Gasteiger partial charge < -0.3 is 0 Å². The summed E-state index contributed by atoms with van der Waals surface area (Å²) in [7, 11) is 0. The van der Waals surface area contributed by atoms with Gasteiger partial charge in [0.2, 0.25) is 0 Å². The van der Waals surface area contributed by atoms with E-state index >= 15 is 0 Å². The monoisotopic (exact) mass is 277 g/mol. The summed E-state index contributed by atoms with van der Waals surface area (Å²) in [6.45, 7) is 0. The first-order valence-corrected chi connectivity index (χ1v) is 7.18. The number of hydrogen-bond acceptors (Lipinski definition) is 3. The Kier molecular flexibility index (Phi) is 3.18. The van der Waals surface area contributed by atoms with Gasteiger partial charge >= 0.3 is 0 Å². The number of halogens is 1. The molecule has 0 saturated heterocycles. The molecule has 0 bridgehead atoms. The number of nitrogens with zero attached hydrogens (tertiary/aromatic N) is 1. The lowest BCUT2D eigenvalue weighted by Crippen LogP contribution is -2.08. The predicted octanol–water partition coefficient (Wildman–Crippen LogP) is 3.91. The molecule has 4 heteroatoms. The number of hydrogen-bond donors (Lipinski definition) is 0. The average Bonchev–Trinajstić information content (AvgIpc) is 2.76. The summed E-state index contributed by atoms with van der Waals surface area (Å²) in [5, 5.41) is 1.75. The Morgan fingerprint density at radius 1 is 1.28 bits per heavy atom. The Morgan fingerprint density at radius 3 is 2.89 bits per heavy atom. The van der Waals surface area contributed by atoms with Crippen LogP contribution in [0.2, 0.25) is 5.02 Å². The van der Waals surface area contributed by atoms with Crippen LogP contribution in [0.5, 0.6) is 0 Å².